The molecule has 3 rings (SSSR count). The molecule has 21 heavy (non-hydrogen) atoms. The summed E-state index contributed by atoms with van der Waals surface area (Å²) < 4.78 is 39.6. The Morgan fingerprint density at radius 2 is 2.14 bits per heavy atom. The van der Waals surface area contributed by atoms with E-state index in [1.54, 1.807) is 18.2 Å². The third kappa shape index (κ3) is 2.06. The molecule has 0 radical (unpaired) electrons. The minimum absolute atomic E-state index is 0.0837. The third-order valence-electron chi connectivity index (χ3n) is 4.06. The molecule has 1 aromatic rings. The van der Waals surface area contributed by atoms with Gasteiger partial charge in [-0.1, -0.05) is 6.07 Å². The maximum Gasteiger partial charge on any atom is 0.231 e. The topological polar surface area (TPSA) is 85.6 Å². The molecule has 0 unspecified atom stereocenters. The van der Waals surface area contributed by atoms with Crippen molar-refractivity contribution < 1.29 is 22.6 Å². The number of hydrogen-bond acceptors (Lipinski definition) is 6. The van der Waals surface area contributed by atoms with Gasteiger partial charge in [-0.25, -0.2) is 8.42 Å². The highest BCUT2D eigenvalue weighted by Gasteiger charge is 2.71. The van der Waals surface area contributed by atoms with Crippen molar-refractivity contribution in [3.05, 3.63) is 23.8 Å². The molecular formula is C14H15NO5S. The van der Waals surface area contributed by atoms with E-state index < -0.39 is 26.4 Å². The fourth-order valence-electron chi connectivity index (χ4n) is 3.19. The lowest BCUT2D eigenvalue weighted by Crippen LogP contribution is -2.17. The first-order chi connectivity index (χ1) is 9.94. The van der Waals surface area contributed by atoms with Crippen LogP contribution in [-0.2, 0) is 14.6 Å². The second-order valence-corrected chi connectivity index (χ2v) is 7.59. The molecule has 1 saturated carbocycles. The van der Waals surface area contributed by atoms with Gasteiger partial charge in [0.05, 0.1) is 17.9 Å². The van der Waals surface area contributed by atoms with Crippen molar-refractivity contribution >= 4 is 9.84 Å². The second-order valence-electron chi connectivity index (χ2n) is 5.43. The largest absolute Gasteiger partial charge is 0.454 e. The Labute approximate surface area is 123 Å². The third-order valence-corrected chi connectivity index (χ3v) is 5.68. The Hall–Kier alpha value is -1.78. The van der Waals surface area contributed by atoms with Crippen LogP contribution < -0.4 is 9.47 Å². The normalized spacial score (nSPS) is 30.0. The zero-order valence-electron chi connectivity index (χ0n) is 11.7. The van der Waals surface area contributed by atoms with Gasteiger partial charge >= 0.3 is 0 Å². The minimum atomic E-state index is -3.36. The fourth-order valence-corrected chi connectivity index (χ4v) is 5.04. The van der Waals surface area contributed by atoms with Crippen molar-refractivity contribution in [3.63, 3.8) is 0 Å². The highest BCUT2D eigenvalue weighted by atomic mass is 32.2. The van der Waals surface area contributed by atoms with Crippen LogP contribution in [-0.4, -0.2) is 40.4 Å². The summed E-state index contributed by atoms with van der Waals surface area (Å²) in [5, 5.41) is 8.74. The number of fused-ring (bicyclic) bond motifs is 1. The van der Waals surface area contributed by atoms with Crippen molar-refractivity contribution in [3.8, 4) is 17.6 Å². The maximum absolute atomic E-state index is 12.0. The lowest BCUT2D eigenvalue weighted by Gasteiger charge is -2.07. The summed E-state index contributed by atoms with van der Waals surface area (Å²) >= 11 is 0. The van der Waals surface area contributed by atoms with Crippen molar-refractivity contribution in [2.24, 2.45) is 5.41 Å². The average molecular weight is 309 g/mol. The standard InChI is InChI=1S/C14H15NO5S/c1-18-7-14(6-15)12(13(14)21(2,16)17)9-3-4-10-11(5-9)20-8-19-10/h3-5,12-13H,7-8H2,1-2H3/t12-,13+,14+/m0/s1. The summed E-state index contributed by atoms with van der Waals surface area (Å²) in [6, 6.07) is 7.42. The Kier molecular flexibility index (Phi) is 3.11. The number of sulfone groups is 1. The first-order valence-corrected chi connectivity index (χ1v) is 8.38. The van der Waals surface area contributed by atoms with Gasteiger partial charge in [0, 0.05) is 19.3 Å². The van der Waals surface area contributed by atoms with E-state index in [0.717, 1.165) is 11.8 Å². The number of rotatable bonds is 4. The first-order valence-electron chi connectivity index (χ1n) is 6.42. The molecule has 112 valence electrons. The van der Waals surface area contributed by atoms with Crippen molar-refractivity contribution in [1.82, 2.24) is 0 Å². The van der Waals surface area contributed by atoms with E-state index in [9.17, 15) is 13.7 Å². The van der Waals surface area contributed by atoms with Gasteiger partial charge in [-0.15, -0.1) is 0 Å². The summed E-state index contributed by atoms with van der Waals surface area (Å²) in [5.74, 6) is 0.799. The van der Waals surface area contributed by atoms with Crippen LogP contribution in [0.1, 0.15) is 11.5 Å². The SMILES string of the molecule is COC[C@@]1(C#N)[C@H](S(C)(=O)=O)[C@@H]1c1ccc2c(c1)OCO2. The van der Waals surface area contributed by atoms with E-state index in [-0.39, 0.29) is 13.4 Å². The highest BCUT2D eigenvalue weighted by Crippen LogP contribution is 2.63. The van der Waals surface area contributed by atoms with Crippen LogP contribution in [0, 0.1) is 16.7 Å². The quantitative estimate of drug-likeness (QED) is 0.827. The lowest BCUT2D eigenvalue weighted by atomic mass is 10.0. The Bertz CT molecular complexity index is 723. The predicted octanol–water partition coefficient (Wildman–Crippen LogP) is 1.08. The molecule has 3 atom stereocenters. The van der Waals surface area contributed by atoms with Crippen LogP contribution in [0.3, 0.4) is 0 Å². The molecular weight excluding hydrogens is 294 g/mol. The monoisotopic (exact) mass is 309 g/mol. The number of nitriles is 1. The van der Waals surface area contributed by atoms with Gasteiger partial charge in [0.25, 0.3) is 0 Å². The molecule has 0 amide bonds. The Morgan fingerprint density at radius 1 is 1.43 bits per heavy atom. The zero-order chi connectivity index (χ0) is 15.3. The molecule has 6 nitrogen and oxygen atoms in total. The first kappa shape index (κ1) is 14.2. The van der Waals surface area contributed by atoms with Gasteiger partial charge in [-0.05, 0) is 17.7 Å². The van der Waals surface area contributed by atoms with Crippen molar-refractivity contribution in [1.29, 1.82) is 5.26 Å². The summed E-state index contributed by atoms with van der Waals surface area (Å²) in [4.78, 5) is 0. The van der Waals surface area contributed by atoms with Crippen molar-refractivity contribution in [2.45, 2.75) is 11.2 Å². The zero-order valence-corrected chi connectivity index (χ0v) is 12.5. The van der Waals surface area contributed by atoms with Gasteiger partial charge in [-0.2, -0.15) is 5.26 Å². The molecule has 1 aliphatic carbocycles. The number of methoxy groups -OCH3 is 1. The molecule has 7 heteroatoms. The van der Waals surface area contributed by atoms with Gasteiger partial charge < -0.3 is 14.2 Å². The summed E-state index contributed by atoms with van der Waals surface area (Å²) in [6.45, 7) is 0.237. The predicted molar refractivity (Wildman–Crippen MR) is 73.9 cm³/mol. The van der Waals surface area contributed by atoms with Gasteiger partial charge in [0.2, 0.25) is 6.79 Å². The highest BCUT2D eigenvalue weighted by molar-refractivity contribution is 7.91. The lowest BCUT2D eigenvalue weighted by molar-refractivity contribution is 0.162. The number of hydrogen-bond donors (Lipinski definition) is 0. The van der Waals surface area contributed by atoms with Gasteiger partial charge in [0.15, 0.2) is 21.3 Å². The number of benzene rings is 1. The molecule has 0 N–H and O–H groups in total. The molecule has 2 aliphatic rings. The van der Waals surface area contributed by atoms with E-state index in [1.807, 2.05) is 0 Å². The van der Waals surface area contributed by atoms with Crippen LogP contribution in [0.25, 0.3) is 0 Å². The molecule has 0 saturated heterocycles. The van der Waals surface area contributed by atoms with E-state index in [1.165, 1.54) is 7.11 Å². The van der Waals surface area contributed by atoms with E-state index in [0.29, 0.717) is 11.5 Å². The molecule has 1 aromatic carbocycles. The fraction of sp³-hybridized carbons (Fsp3) is 0.500. The minimum Gasteiger partial charge on any atom is -0.454 e. The number of nitrogens with zero attached hydrogens (tertiary/aromatic N) is 1. The van der Waals surface area contributed by atoms with Crippen LogP contribution in [0.2, 0.25) is 0 Å². The number of ether oxygens (including phenoxy) is 3. The Morgan fingerprint density at radius 3 is 2.76 bits per heavy atom. The van der Waals surface area contributed by atoms with E-state index in [2.05, 4.69) is 6.07 Å². The van der Waals surface area contributed by atoms with Crippen molar-refractivity contribution in [2.75, 3.05) is 26.8 Å². The molecule has 1 heterocycles. The van der Waals surface area contributed by atoms with Crippen LogP contribution >= 0.6 is 0 Å². The van der Waals surface area contributed by atoms with Crippen LogP contribution in [0.15, 0.2) is 18.2 Å². The van der Waals surface area contributed by atoms with E-state index in [4.69, 9.17) is 14.2 Å². The molecule has 0 bridgehead atoms. The molecule has 1 fully saturated rings. The summed E-state index contributed by atoms with van der Waals surface area (Å²) in [6.07, 6.45) is 1.16. The maximum atomic E-state index is 12.0. The Balaban J connectivity index is 2.03. The van der Waals surface area contributed by atoms with Crippen LogP contribution in [0.4, 0.5) is 0 Å². The average Bonchev–Trinajstić information content (AvgIpc) is 2.88. The molecule has 0 aromatic heterocycles. The molecule has 1 aliphatic heterocycles. The summed E-state index contributed by atoms with van der Waals surface area (Å²) in [5.41, 5.74) is -0.274. The van der Waals surface area contributed by atoms with Crippen LogP contribution in [0.5, 0.6) is 11.5 Å². The summed E-state index contributed by atoms with van der Waals surface area (Å²) in [7, 11) is -1.89. The van der Waals surface area contributed by atoms with E-state index >= 15 is 0 Å². The smallest absolute Gasteiger partial charge is 0.231 e. The van der Waals surface area contributed by atoms with Gasteiger partial charge in [0.1, 0.15) is 5.41 Å². The second kappa shape index (κ2) is 4.61. The molecule has 0 spiro atoms. The van der Waals surface area contributed by atoms with Gasteiger partial charge in [-0.3, -0.25) is 0 Å².